The van der Waals surface area contributed by atoms with Gasteiger partial charge in [-0.2, -0.15) is 0 Å². The summed E-state index contributed by atoms with van der Waals surface area (Å²) < 4.78 is 13.4. The molecule has 2 aromatic carbocycles. The van der Waals surface area contributed by atoms with Gasteiger partial charge in [-0.25, -0.2) is 0 Å². The molecule has 3 aromatic rings. The summed E-state index contributed by atoms with van der Waals surface area (Å²) in [6.45, 7) is 11.3. The number of carbonyl (C=O) groups excluding carboxylic acids is 2. The van der Waals surface area contributed by atoms with E-state index in [2.05, 4.69) is 55.4 Å². The minimum atomic E-state index is -1.28. The highest BCUT2D eigenvalue weighted by molar-refractivity contribution is 6.48. The number of rotatable bonds is 10. The molecule has 1 saturated heterocycles. The molecule has 1 unspecified atom stereocenters. The van der Waals surface area contributed by atoms with E-state index in [1.165, 1.54) is 6.42 Å². The van der Waals surface area contributed by atoms with Gasteiger partial charge in [0.15, 0.2) is 0 Å². The Labute approximate surface area is 277 Å². The molecule has 0 radical (unpaired) electrons. The van der Waals surface area contributed by atoms with Crippen LogP contribution < -0.4 is 10.6 Å². The van der Waals surface area contributed by atoms with Gasteiger partial charge in [-0.05, 0) is 66.4 Å². The lowest BCUT2D eigenvalue weighted by Crippen LogP contribution is -2.65. The van der Waals surface area contributed by atoms with Crippen molar-refractivity contribution in [1.29, 1.82) is 0 Å². The molecule has 2 amide bonds. The first-order chi connectivity index (χ1) is 22.5. The normalized spacial score (nSPS) is 29.4. The van der Waals surface area contributed by atoms with Crippen molar-refractivity contribution < 1.29 is 23.7 Å². The van der Waals surface area contributed by atoms with E-state index in [1.54, 1.807) is 12.3 Å². The fourth-order valence-electron chi connectivity index (χ4n) is 8.46. The van der Waals surface area contributed by atoms with E-state index >= 15 is 0 Å². The van der Waals surface area contributed by atoms with Gasteiger partial charge in [-0.15, -0.1) is 0 Å². The molecule has 2 aliphatic heterocycles. The number of oxime groups is 1. The van der Waals surface area contributed by atoms with Crippen LogP contribution in [0.3, 0.4) is 0 Å². The standard InChI is InChI=1S/C37H45BN4O5/c1-23(2)15-32(38-45-31-18-27-17-30(35(27,3)4)36(31,5)46-38)41-34(44)37(19-24-11-7-6-8-12-24)20-28(42-47-37)22-40-33(43)29-16-25-13-9-10-14-26(25)21-39-29/h6-14,16,21,23,27,30-32H,15,17-20,22H2,1-5H3,(H,40,43)(H,41,44)/t27-,30-,31+,32-,36-,37?/m0/s1. The van der Waals surface area contributed by atoms with E-state index in [0.717, 1.165) is 22.8 Å². The van der Waals surface area contributed by atoms with Crippen LogP contribution in [0.2, 0.25) is 0 Å². The van der Waals surface area contributed by atoms with Gasteiger partial charge in [0.05, 0.1) is 29.9 Å². The number of fused-ring (bicyclic) bond motifs is 1. The molecule has 6 atom stereocenters. The molecule has 0 spiro atoms. The van der Waals surface area contributed by atoms with Crippen molar-refractivity contribution in [2.24, 2.45) is 28.3 Å². The van der Waals surface area contributed by atoms with Crippen LogP contribution in [-0.2, 0) is 25.4 Å². The second-order valence-corrected chi connectivity index (χ2v) is 15.2. The molecule has 2 bridgehead atoms. The minimum Gasteiger partial charge on any atom is -0.404 e. The highest BCUT2D eigenvalue weighted by atomic mass is 16.7. The van der Waals surface area contributed by atoms with Gasteiger partial charge in [0.2, 0.25) is 5.60 Å². The van der Waals surface area contributed by atoms with E-state index in [1.807, 2.05) is 54.6 Å². The van der Waals surface area contributed by atoms with Gasteiger partial charge in [-0.3, -0.25) is 14.6 Å². The topological polar surface area (TPSA) is 111 Å². The van der Waals surface area contributed by atoms with Crippen molar-refractivity contribution in [1.82, 2.24) is 15.6 Å². The number of hydrogen-bond donors (Lipinski definition) is 2. The lowest BCUT2D eigenvalue weighted by atomic mass is 9.43. The number of aromatic nitrogens is 1. The van der Waals surface area contributed by atoms with Gasteiger partial charge in [0, 0.05) is 24.4 Å². The van der Waals surface area contributed by atoms with Crippen LogP contribution in [0.25, 0.3) is 10.8 Å². The second kappa shape index (κ2) is 12.0. The van der Waals surface area contributed by atoms with E-state index in [9.17, 15) is 9.59 Å². The molecule has 10 heteroatoms. The molecule has 246 valence electrons. The Bertz CT molecular complexity index is 1700. The smallest absolute Gasteiger partial charge is 0.404 e. The first kappa shape index (κ1) is 31.8. The average Bonchev–Trinajstić information content (AvgIpc) is 3.64. The molecule has 9 nitrogen and oxygen atoms in total. The van der Waals surface area contributed by atoms with Crippen molar-refractivity contribution in [3.63, 3.8) is 0 Å². The lowest BCUT2D eigenvalue weighted by molar-refractivity contribution is -0.199. The van der Waals surface area contributed by atoms with Crippen LogP contribution >= 0.6 is 0 Å². The van der Waals surface area contributed by atoms with Gasteiger partial charge in [0.1, 0.15) is 5.69 Å². The van der Waals surface area contributed by atoms with E-state index < -0.39 is 12.7 Å². The third kappa shape index (κ3) is 5.84. The SMILES string of the molecule is CC(C)C[C@H](NC(=O)C1(Cc2ccccc2)CC(CNC(=O)c2cc3ccccc3cn2)=NO1)B1O[C@@H]2C[C@@H]3C[C@@H](C3(C)C)[C@]2(C)O1. The van der Waals surface area contributed by atoms with Gasteiger partial charge >= 0.3 is 7.12 Å². The van der Waals surface area contributed by atoms with Crippen LogP contribution in [0.4, 0.5) is 0 Å². The van der Waals surface area contributed by atoms with Crippen LogP contribution in [0.5, 0.6) is 0 Å². The predicted octanol–water partition coefficient (Wildman–Crippen LogP) is 5.52. The number of amides is 2. The van der Waals surface area contributed by atoms with Crippen molar-refractivity contribution in [3.8, 4) is 0 Å². The summed E-state index contributed by atoms with van der Waals surface area (Å²) in [5.74, 6) is 0.438. The molecule has 1 aromatic heterocycles. The molecule has 2 N–H and O–H groups in total. The minimum absolute atomic E-state index is 0.0208. The Morgan fingerprint density at radius 1 is 1.02 bits per heavy atom. The van der Waals surface area contributed by atoms with Crippen molar-refractivity contribution >= 4 is 35.4 Å². The maximum absolute atomic E-state index is 14.4. The number of benzene rings is 2. The Balaban J connectivity index is 1.07. The van der Waals surface area contributed by atoms with Crippen LogP contribution in [-0.4, -0.2) is 59.4 Å². The maximum Gasteiger partial charge on any atom is 0.481 e. The largest absolute Gasteiger partial charge is 0.481 e. The molecule has 4 fully saturated rings. The van der Waals surface area contributed by atoms with Gasteiger partial charge in [-0.1, -0.05) is 87.4 Å². The summed E-state index contributed by atoms with van der Waals surface area (Å²) in [7, 11) is -0.546. The summed E-state index contributed by atoms with van der Waals surface area (Å²) in [5.41, 5.74) is 0.433. The van der Waals surface area contributed by atoms with Crippen molar-refractivity contribution in [3.05, 3.63) is 78.1 Å². The Morgan fingerprint density at radius 2 is 1.77 bits per heavy atom. The van der Waals surface area contributed by atoms with Gasteiger partial charge in [0.25, 0.3) is 11.8 Å². The van der Waals surface area contributed by atoms with Crippen LogP contribution in [0.1, 0.15) is 76.4 Å². The second-order valence-electron chi connectivity index (χ2n) is 15.2. The third-order valence-electron chi connectivity index (χ3n) is 11.2. The van der Waals surface area contributed by atoms with E-state index in [0.29, 0.717) is 42.0 Å². The maximum atomic E-state index is 14.4. The monoisotopic (exact) mass is 636 g/mol. The van der Waals surface area contributed by atoms with Crippen molar-refractivity contribution in [2.75, 3.05) is 6.54 Å². The number of nitrogens with one attached hydrogen (secondary N) is 2. The first-order valence-electron chi connectivity index (χ1n) is 17.0. The number of hydrogen-bond acceptors (Lipinski definition) is 7. The molecule has 3 saturated carbocycles. The summed E-state index contributed by atoms with van der Waals surface area (Å²) in [6, 6.07) is 19.4. The lowest BCUT2D eigenvalue weighted by Gasteiger charge is -2.64. The van der Waals surface area contributed by atoms with E-state index in [4.69, 9.17) is 14.1 Å². The fraction of sp³-hybridized carbons (Fsp3) is 0.514. The predicted molar refractivity (Wildman–Crippen MR) is 182 cm³/mol. The summed E-state index contributed by atoms with van der Waals surface area (Å²) in [4.78, 5) is 37.9. The van der Waals surface area contributed by atoms with Crippen LogP contribution in [0, 0.1) is 23.2 Å². The summed E-state index contributed by atoms with van der Waals surface area (Å²) in [6.07, 6.45) is 5.12. The third-order valence-corrected chi connectivity index (χ3v) is 11.2. The zero-order chi connectivity index (χ0) is 33.0. The van der Waals surface area contributed by atoms with E-state index in [-0.39, 0.29) is 47.8 Å². The molecule has 3 heterocycles. The van der Waals surface area contributed by atoms with Gasteiger partial charge < -0.3 is 24.8 Å². The Hall–Kier alpha value is -3.76. The zero-order valence-corrected chi connectivity index (χ0v) is 28.0. The summed E-state index contributed by atoms with van der Waals surface area (Å²) >= 11 is 0. The Kier molecular flexibility index (Phi) is 8.16. The number of pyridine rings is 1. The molecular formula is C37H45BN4O5. The molecule has 47 heavy (non-hydrogen) atoms. The van der Waals surface area contributed by atoms with Crippen LogP contribution in [0.15, 0.2) is 72.0 Å². The quantitative estimate of drug-likeness (QED) is 0.284. The molecule has 5 aliphatic rings. The Morgan fingerprint density at radius 3 is 2.51 bits per heavy atom. The average molecular weight is 637 g/mol. The molecule has 3 aliphatic carbocycles. The number of carbonyl (C=O) groups is 2. The fourth-order valence-corrected chi connectivity index (χ4v) is 8.46. The van der Waals surface area contributed by atoms with Crippen molar-refractivity contribution in [2.45, 2.75) is 90.0 Å². The summed E-state index contributed by atoms with van der Waals surface area (Å²) in [5, 5.41) is 12.5. The molecular weight excluding hydrogens is 591 g/mol. The highest BCUT2D eigenvalue weighted by Crippen LogP contribution is 2.65. The highest BCUT2D eigenvalue weighted by Gasteiger charge is 2.68. The number of nitrogens with zero attached hydrogens (tertiary/aromatic N) is 2. The zero-order valence-electron chi connectivity index (χ0n) is 28.0. The first-order valence-corrected chi connectivity index (χ1v) is 17.0. The molecule has 8 rings (SSSR count).